The molecule has 0 saturated carbocycles. The molecule has 2 atom stereocenters. The number of nitrogens with one attached hydrogen (secondary N) is 1. The van der Waals surface area contributed by atoms with Gasteiger partial charge in [0.1, 0.15) is 12.4 Å². The predicted molar refractivity (Wildman–Crippen MR) is 92.2 cm³/mol. The van der Waals surface area contributed by atoms with Gasteiger partial charge < -0.3 is 10.1 Å². The van der Waals surface area contributed by atoms with Gasteiger partial charge in [-0.25, -0.2) is 0 Å². The monoisotopic (exact) mass is 349 g/mol. The zero-order valence-electron chi connectivity index (χ0n) is 12.7. The summed E-state index contributed by atoms with van der Waals surface area (Å²) in [7, 11) is 0. The lowest BCUT2D eigenvalue weighted by Crippen LogP contribution is -2.38. The van der Waals surface area contributed by atoms with Crippen LogP contribution in [0.15, 0.2) is 42.5 Å². The number of rotatable bonds is 3. The van der Waals surface area contributed by atoms with Gasteiger partial charge in [-0.05, 0) is 54.8 Å². The molecule has 2 aromatic rings. The standard InChI is InChI=1S/C18H17Cl2NO2/c1-11(12-2-4-15(19)5-3-12)21-18(22)14-8-13-9-16(20)6-7-17(13)23-10-14/h2-7,9,11,14H,8,10H2,1H3,(H,21,22). The largest absolute Gasteiger partial charge is 0.492 e. The quantitative estimate of drug-likeness (QED) is 0.890. The van der Waals surface area contributed by atoms with Crippen molar-refractivity contribution in [2.45, 2.75) is 19.4 Å². The Bertz CT molecular complexity index is 715. The van der Waals surface area contributed by atoms with Crippen LogP contribution in [0.4, 0.5) is 0 Å². The molecule has 3 rings (SSSR count). The van der Waals surface area contributed by atoms with Crippen LogP contribution < -0.4 is 10.1 Å². The van der Waals surface area contributed by atoms with Gasteiger partial charge >= 0.3 is 0 Å². The molecular formula is C18H17Cl2NO2. The van der Waals surface area contributed by atoms with Crippen molar-refractivity contribution in [2.75, 3.05) is 6.61 Å². The van der Waals surface area contributed by atoms with Gasteiger partial charge in [0.25, 0.3) is 0 Å². The highest BCUT2D eigenvalue weighted by Gasteiger charge is 2.27. The Morgan fingerprint density at radius 1 is 1.17 bits per heavy atom. The zero-order valence-corrected chi connectivity index (χ0v) is 14.2. The van der Waals surface area contributed by atoms with Crippen LogP contribution in [0.5, 0.6) is 5.75 Å². The maximum Gasteiger partial charge on any atom is 0.227 e. The summed E-state index contributed by atoms with van der Waals surface area (Å²) in [6.45, 7) is 2.34. The van der Waals surface area contributed by atoms with E-state index < -0.39 is 0 Å². The predicted octanol–water partition coefficient (Wildman–Crippen LogP) is 4.42. The molecule has 120 valence electrons. The Balaban J connectivity index is 1.66. The van der Waals surface area contributed by atoms with Crippen LogP contribution >= 0.6 is 23.2 Å². The molecule has 0 bridgehead atoms. The van der Waals surface area contributed by atoms with Crippen molar-refractivity contribution in [1.29, 1.82) is 0 Å². The summed E-state index contributed by atoms with van der Waals surface area (Å²) in [6, 6.07) is 12.9. The van der Waals surface area contributed by atoms with Gasteiger partial charge in [0, 0.05) is 10.0 Å². The lowest BCUT2D eigenvalue weighted by Gasteiger charge is -2.26. The van der Waals surface area contributed by atoms with Crippen LogP contribution in [-0.2, 0) is 11.2 Å². The minimum absolute atomic E-state index is 0.0157. The number of fused-ring (bicyclic) bond motifs is 1. The lowest BCUT2D eigenvalue weighted by atomic mass is 9.95. The first-order valence-electron chi connectivity index (χ1n) is 7.50. The summed E-state index contributed by atoms with van der Waals surface area (Å²) in [5.74, 6) is 0.581. The molecule has 2 unspecified atom stereocenters. The first kappa shape index (κ1) is 16.2. The third kappa shape index (κ3) is 3.80. The zero-order chi connectivity index (χ0) is 16.4. The molecule has 0 saturated heterocycles. The molecule has 5 heteroatoms. The minimum atomic E-state index is -0.212. The molecule has 0 aromatic heterocycles. The van der Waals surface area contributed by atoms with Gasteiger partial charge in [0.05, 0.1) is 12.0 Å². The van der Waals surface area contributed by atoms with Crippen molar-refractivity contribution in [3.63, 3.8) is 0 Å². The third-order valence-corrected chi connectivity index (χ3v) is 4.52. The number of carbonyl (C=O) groups is 1. The van der Waals surface area contributed by atoms with Gasteiger partial charge in [-0.3, -0.25) is 4.79 Å². The van der Waals surface area contributed by atoms with Crippen LogP contribution in [0.25, 0.3) is 0 Å². The molecule has 0 spiro atoms. The Labute approximate surface area is 145 Å². The summed E-state index contributed by atoms with van der Waals surface area (Å²) in [5.41, 5.74) is 1.99. The topological polar surface area (TPSA) is 38.3 Å². The van der Waals surface area contributed by atoms with Crippen LogP contribution in [0.2, 0.25) is 10.0 Å². The van der Waals surface area contributed by atoms with E-state index in [1.54, 1.807) is 6.07 Å². The number of benzene rings is 2. The van der Waals surface area contributed by atoms with E-state index in [0.29, 0.717) is 23.1 Å². The van der Waals surface area contributed by atoms with Crippen molar-refractivity contribution in [1.82, 2.24) is 5.32 Å². The fourth-order valence-corrected chi connectivity index (χ4v) is 3.02. The van der Waals surface area contributed by atoms with Crippen LogP contribution in [0, 0.1) is 5.92 Å². The third-order valence-electron chi connectivity index (χ3n) is 4.03. The second kappa shape index (κ2) is 6.81. The molecule has 1 N–H and O–H groups in total. The molecule has 1 aliphatic rings. The molecular weight excluding hydrogens is 333 g/mol. The first-order valence-corrected chi connectivity index (χ1v) is 8.25. The fourth-order valence-electron chi connectivity index (χ4n) is 2.70. The number of halogens is 2. The van der Waals surface area contributed by atoms with Crippen molar-refractivity contribution >= 4 is 29.1 Å². The number of amides is 1. The molecule has 0 fully saturated rings. The number of hydrogen-bond acceptors (Lipinski definition) is 2. The van der Waals surface area contributed by atoms with Crippen molar-refractivity contribution in [2.24, 2.45) is 5.92 Å². The summed E-state index contributed by atoms with van der Waals surface area (Å²) >= 11 is 11.9. The van der Waals surface area contributed by atoms with Gasteiger partial charge in [-0.1, -0.05) is 35.3 Å². The van der Waals surface area contributed by atoms with Gasteiger partial charge in [0.2, 0.25) is 5.91 Å². The highest BCUT2D eigenvalue weighted by Crippen LogP contribution is 2.30. The van der Waals surface area contributed by atoms with Crippen LogP contribution in [0.3, 0.4) is 0 Å². The smallest absolute Gasteiger partial charge is 0.227 e. The number of carbonyl (C=O) groups excluding carboxylic acids is 1. The molecule has 1 amide bonds. The maximum absolute atomic E-state index is 12.5. The fraction of sp³-hybridized carbons (Fsp3) is 0.278. The molecule has 3 nitrogen and oxygen atoms in total. The second-order valence-corrected chi connectivity index (χ2v) is 6.62. The summed E-state index contributed by atoms with van der Waals surface area (Å²) in [4.78, 5) is 12.5. The average Bonchev–Trinajstić information content (AvgIpc) is 2.54. The molecule has 0 radical (unpaired) electrons. The van der Waals surface area contributed by atoms with Crippen LogP contribution in [0.1, 0.15) is 24.1 Å². The number of hydrogen-bond donors (Lipinski definition) is 1. The Hall–Kier alpha value is -1.71. The van der Waals surface area contributed by atoms with E-state index in [2.05, 4.69) is 5.32 Å². The second-order valence-electron chi connectivity index (χ2n) is 5.75. The molecule has 0 aliphatic carbocycles. The van der Waals surface area contributed by atoms with E-state index in [9.17, 15) is 4.79 Å². The normalized spacial score (nSPS) is 17.8. The highest BCUT2D eigenvalue weighted by atomic mass is 35.5. The van der Waals surface area contributed by atoms with E-state index in [0.717, 1.165) is 16.9 Å². The van der Waals surface area contributed by atoms with E-state index in [1.165, 1.54) is 0 Å². The lowest BCUT2D eigenvalue weighted by molar-refractivity contribution is -0.126. The van der Waals surface area contributed by atoms with Gasteiger partial charge in [0.15, 0.2) is 0 Å². The maximum atomic E-state index is 12.5. The molecule has 1 aliphatic heterocycles. The summed E-state index contributed by atoms with van der Waals surface area (Å²) in [5, 5.41) is 4.37. The number of ether oxygens (including phenoxy) is 1. The van der Waals surface area contributed by atoms with Crippen molar-refractivity contribution in [3.05, 3.63) is 63.6 Å². The SMILES string of the molecule is CC(NC(=O)C1COc2ccc(Cl)cc2C1)c1ccc(Cl)cc1. The Morgan fingerprint density at radius 2 is 1.87 bits per heavy atom. The molecule has 1 heterocycles. The first-order chi connectivity index (χ1) is 11.0. The van der Waals surface area contributed by atoms with E-state index >= 15 is 0 Å². The van der Waals surface area contributed by atoms with Gasteiger partial charge in [-0.2, -0.15) is 0 Å². The minimum Gasteiger partial charge on any atom is -0.492 e. The Kier molecular flexibility index (Phi) is 4.79. The van der Waals surface area contributed by atoms with E-state index in [4.69, 9.17) is 27.9 Å². The average molecular weight is 350 g/mol. The van der Waals surface area contributed by atoms with Crippen molar-refractivity contribution < 1.29 is 9.53 Å². The Morgan fingerprint density at radius 3 is 2.61 bits per heavy atom. The van der Waals surface area contributed by atoms with Crippen LogP contribution in [-0.4, -0.2) is 12.5 Å². The van der Waals surface area contributed by atoms with Crippen molar-refractivity contribution in [3.8, 4) is 5.75 Å². The molecule has 2 aromatic carbocycles. The summed E-state index contributed by atoms with van der Waals surface area (Å²) in [6.07, 6.45) is 0.634. The van der Waals surface area contributed by atoms with Gasteiger partial charge in [-0.15, -0.1) is 0 Å². The van der Waals surface area contributed by atoms with E-state index in [1.807, 2.05) is 43.3 Å². The summed E-state index contributed by atoms with van der Waals surface area (Å²) < 4.78 is 5.68. The molecule has 23 heavy (non-hydrogen) atoms. The van der Waals surface area contributed by atoms with E-state index in [-0.39, 0.29) is 17.9 Å². The highest BCUT2D eigenvalue weighted by molar-refractivity contribution is 6.30.